The van der Waals surface area contributed by atoms with Crippen LogP contribution >= 0.6 is 0 Å². The molecular weight excluding hydrogens is 128 g/mol. The lowest BCUT2D eigenvalue weighted by molar-refractivity contribution is -0.107. The number of hydrogen-bond acceptors (Lipinski definition) is 2. The average Bonchev–Trinajstić information content (AvgIpc) is 1.87. The second kappa shape index (κ2) is 6.26. The largest absolute Gasteiger partial charge is 0.388 e. The molecule has 0 unspecified atom stereocenters. The first-order chi connectivity index (χ1) is 4.77. The number of hydrogen-bond donors (Lipinski definition) is 2. The second-order valence-electron chi connectivity index (χ2n) is 2.29. The molecule has 3 N–H and O–H groups in total. The SMILES string of the molecule is N=C(N)CCCCCC=O. The van der Waals surface area contributed by atoms with Gasteiger partial charge in [0.15, 0.2) is 0 Å². The molecule has 0 rings (SSSR count). The van der Waals surface area contributed by atoms with Crippen molar-refractivity contribution in [3.63, 3.8) is 0 Å². The second-order valence-corrected chi connectivity index (χ2v) is 2.29. The van der Waals surface area contributed by atoms with E-state index in [4.69, 9.17) is 11.1 Å². The van der Waals surface area contributed by atoms with Crippen molar-refractivity contribution in [2.24, 2.45) is 5.73 Å². The van der Waals surface area contributed by atoms with E-state index in [2.05, 4.69) is 0 Å². The molecular formula is C7H14N2O. The molecule has 3 nitrogen and oxygen atoms in total. The molecule has 0 aliphatic rings. The van der Waals surface area contributed by atoms with Crippen molar-refractivity contribution in [3.05, 3.63) is 0 Å². The van der Waals surface area contributed by atoms with Crippen LogP contribution in [-0.4, -0.2) is 12.1 Å². The van der Waals surface area contributed by atoms with E-state index >= 15 is 0 Å². The lowest BCUT2D eigenvalue weighted by atomic mass is 10.1. The molecule has 0 spiro atoms. The molecule has 0 aliphatic heterocycles. The Balaban J connectivity index is 2.90. The van der Waals surface area contributed by atoms with Crippen molar-refractivity contribution < 1.29 is 4.79 Å². The van der Waals surface area contributed by atoms with Crippen molar-refractivity contribution in [2.75, 3.05) is 0 Å². The minimum atomic E-state index is 0.242. The van der Waals surface area contributed by atoms with Crippen molar-refractivity contribution >= 4 is 12.1 Å². The maximum absolute atomic E-state index is 9.83. The third-order valence-electron chi connectivity index (χ3n) is 1.27. The lowest BCUT2D eigenvalue weighted by Gasteiger charge is -1.95. The lowest BCUT2D eigenvalue weighted by Crippen LogP contribution is -2.08. The Morgan fingerprint density at radius 3 is 2.60 bits per heavy atom. The summed E-state index contributed by atoms with van der Waals surface area (Å²) in [7, 11) is 0. The summed E-state index contributed by atoms with van der Waals surface area (Å²) in [4.78, 5) is 9.83. The highest BCUT2D eigenvalue weighted by Gasteiger charge is 1.90. The van der Waals surface area contributed by atoms with Crippen LogP contribution in [0.1, 0.15) is 32.1 Å². The standard InChI is InChI=1S/C7H14N2O/c8-7(9)5-3-1-2-4-6-10/h6H,1-5H2,(H3,8,9). The molecule has 0 aromatic heterocycles. The summed E-state index contributed by atoms with van der Waals surface area (Å²) in [6, 6.07) is 0. The molecule has 10 heavy (non-hydrogen) atoms. The zero-order valence-electron chi connectivity index (χ0n) is 6.10. The molecule has 0 atom stereocenters. The third kappa shape index (κ3) is 7.14. The molecule has 0 heterocycles. The van der Waals surface area contributed by atoms with Gasteiger partial charge in [-0.05, 0) is 12.8 Å². The fourth-order valence-corrected chi connectivity index (χ4v) is 0.720. The van der Waals surface area contributed by atoms with Gasteiger partial charge in [-0.2, -0.15) is 0 Å². The van der Waals surface area contributed by atoms with Crippen LogP contribution in [0.5, 0.6) is 0 Å². The van der Waals surface area contributed by atoms with E-state index in [1.54, 1.807) is 0 Å². The van der Waals surface area contributed by atoms with Crippen molar-refractivity contribution in [2.45, 2.75) is 32.1 Å². The van der Waals surface area contributed by atoms with Gasteiger partial charge in [0, 0.05) is 12.8 Å². The molecule has 0 radical (unpaired) electrons. The predicted octanol–water partition coefficient (Wildman–Crippen LogP) is 1.07. The predicted molar refractivity (Wildman–Crippen MR) is 41.1 cm³/mol. The van der Waals surface area contributed by atoms with E-state index in [0.29, 0.717) is 12.8 Å². The monoisotopic (exact) mass is 142 g/mol. The van der Waals surface area contributed by atoms with Gasteiger partial charge in [-0.1, -0.05) is 6.42 Å². The van der Waals surface area contributed by atoms with Crippen LogP contribution in [0.15, 0.2) is 0 Å². The number of carbonyl (C=O) groups excluding carboxylic acids is 1. The highest BCUT2D eigenvalue weighted by Crippen LogP contribution is 2.00. The summed E-state index contributed by atoms with van der Waals surface area (Å²) >= 11 is 0. The van der Waals surface area contributed by atoms with Gasteiger partial charge in [-0.3, -0.25) is 5.41 Å². The van der Waals surface area contributed by atoms with Crippen LogP contribution in [0.4, 0.5) is 0 Å². The van der Waals surface area contributed by atoms with Crippen molar-refractivity contribution in [3.8, 4) is 0 Å². The smallest absolute Gasteiger partial charge is 0.119 e. The molecule has 0 aromatic rings. The fraction of sp³-hybridized carbons (Fsp3) is 0.714. The number of unbranched alkanes of at least 4 members (excludes halogenated alkanes) is 3. The first kappa shape index (κ1) is 9.14. The molecule has 0 saturated carbocycles. The van der Waals surface area contributed by atoms with Gasteiger partial charge in [0.1, 0.15) is 6.29 Å². The average molecular weight is 142 g/mol. The number of nitrogens with two attached hydrogens (primary N) is 1. The molecule has 3 heteroatoms. The summed E-state index contributed by atoms with van der Waals surface area (Å²) in [6.07, 6.45) is 5.09. The maximum atomic E-state index is 9.83. The summed E-state index contributed by atoms with van der Waals surface area (Å²) in [5.41, 5.74) is 5.12. The first-order valence-electron chi connectivity index (χ1n) is 3.54. The molecule has 58 valence electrons. The van der Waals surface area contributed by atoms with Gasteiger partial charge in [-0.15, -0.1) is 0 Å². The molecule has 0 bridgehead atoms. The zero-order chi connectivity index (χ0) is 7.82. The molecule has 0 aliphatic carbocycles. The summed E-state index contributed by atoms with van der Waals surface area (Å²) in [5.74, 6) is 0.242. The Bertz CT molecular complexity index is 112. The topological polar surface area (TPSA) is 66.9 Å². The molecule has 0 aromatic carbocycles. The molecule has 0 saturated heterocycles. The van der Waals surface area contributed by atoms with E-state index in [1.807, 2.05) is 0 Å². The van der Waals surface area contributed by atoms with Crippen LogP contribution in [0, 0.1) is 5.41 Å². The minimum absolute atomic E-state index is 0.242. The fourth-order valence-electron chi connectivity index (χ4n) is 0.720. The third-order valence-corrected chi connectivity index (χ3v) is 1.27. The van der Waals surface area contributed by atoms with Gasteiger partial charge in [0.05, 0.1) is 5.84 Å². The highest BCUT2D eigenvalue weighted by atomic mass is 16.1. The van der Waals surface area contributed by atoms with E-state index in [-0.39, 0.29) is 5.84 Å². The van der Waals surface area contributed by atoms with E-state index < -0.39 is 0 Å². The van der Waals surface area contributed by atoms with Gasteiger partial charge in [0.2, 0.25) is 0 Å². The summed E-state index contributed by atoms with van der Waals surface area (Å²) < 4.78 is 0. The number of nitrogens with one attached hydrogen (secondary N) is 1. The highest BCUT2D eigenvalue weighted by molar-refractivity contribution is 5.76. The van der Waals surface area contributed by atoms with E-state index in [1.165, 1.54) is 0 Å². The Morgan fingerprint density at radius 1 is 1.40 bits per heavy atom. The van der Waals surface area contributed by atoms with Gasteiger partial charge < -0.3 is 10.5 Å². The quantitative estimate of drug-likeness (QED) is 0.252. The van der Waals surface area contributed by atoms with E-state index in [0.717, 1.165) is 25.5 Å². The summed E-state index contributed by atoms with van der Waals surface area (Å²) in [6.45, 7) is 0. The molecule has 0 amide bonds. The van der Waals surface area contributed by atoms with E-state index in [9.17, 15) is 4.79 Å². The van der Waals surface area contributed by atoms with Gasteiger partial charge >= 0.3 is 0 Å². The number of amidine groups is 1. The summed E-state index contributed by atoms with van der Waals surface area (Å²) in [5, 5.41) is 6.88. The van der Waals surface area contributed by atoms with Crippen LogP contribution in [0.3, 0.4) is 0 Å². The Morgan fingerprint density at radius 2 is 2.10 bits per heavy atom. The Labute approximate surface area is 61.1 Å². The Hall–Kier alpha value is -0.860. The van der Waals surface area contributed by atoms with Crippen LogP contribution in [-0.2, 0) is 4.79 Å². The number of carbonyl (C=O) groups is 1. The zero-order valence-corrected chi connectivity index (χ0v) is 6.10. The minimum Gasteiger partial charge on any atom is -0.388 e. The van der Waals surface area contributed by atoms with Gasteiger partial charge in [-0.25, -0.2) is 0 Å². The number of aldehydes is 1. The first-order valence-corrected chi connectivity index (χ1v) is 3.54. The normalized spacial score (nSPS) is 9.20. The van der Waals surface area contributed by atoms with Crippen LogP contribution in [0.25, 0.3) is 0 Å². The molecule has 0 fully saturated rings. The number of rotatable bonds is 6. The van der Waals surface area contributed by atoms with Crippen molar-refractivity contribution in [1.82, 2.24) is 0 Å². The van der Waals surface area contributed by atoms with Crippen molar-refractivity contribution in [1.29, 1.82) is 5.41 Å². The maximum Gasteiger partial charge on any atom is 0.119 e. The van der Waals surface area contributed by atoms with Crippen LogP contribution in [0.2, 0.25) is 0 Å². The van der Waals surface area contributed by atoms with Crippen LogP contribution < -0.4 is 5.73 Å². The Kier molecular flexibility index (Phi) is 5.72. The van der Waals surface area contributed by atoms with Gasteiger partial charge in [0.25, 0.3) is 0 Å².